The molecule has 0 aliphatic heterocycles. The average Bonchev–Trinajstić information content (AvgIpc) is 1.63. The molecular formula is C114H70N10O3. The highest BCUT2D eigenvalue weighted by Crippen LogP contribution is 2.45. The van der Waals surface area contributed by atoms with Crippen LogP contribution in [-0.4, -0.2) is 48.2 Å². The molecule has 0 fully saturated rings. The van der Waals surface area contributed by atoms with Crippen molar-refractivity contribution >= 4 is 153 Å². The van der Waals surface area contributed by atoms with Crippen molar-refractivity contribution < 1.29 is 13.3 Å². The summed E-state index contributed by atoms with van der Waals surface area (Å²) >= 11 is 0. The fourth-order valence-corrected chi connectivity index (χ4v) is 19.0. The number of para-hydroxylation sites is 11. The van der Waals surface area contributed by atoms with Crippen molar-refractivity contribution in [2.75, 3.05) is 0 Å². The Morgan fingerprint density at radius 2 is 0.402 bits per heavy atom. The summed E-state index contributed by atoms with van der Waals surface area (Å²) in [6.07, 6.45) is 0. The fraction of sp³-hybridized carbons (Fsp3) is 0. The monoisotopic (exact) mass is 1630 g/mol. The van der Waals surface area contributed by atoms with Crippen LogP contribution in [0, 0.1) is 0 Å². The van der Waals surface area contributed by atoms with Crippen molar-refractivity contribution in [3.63, 3.8) is 0 Å². The summed E-state index contributed by atoms with van der Waals surface area (Å²) in [6.45, 7) is 0. The van der Waals surface area contributed by atoms with Crippen LogP contribution < -0.4 is 0 Å². The van der Waals surface area contributed by atoms with E-state index in [1.54, 1.807) is 0 Å². The number of benzene rings is 17. The zero-order valence-corrected chi connectivity index (χ0v) is 68.1. The molecule has 0 bridgehead atoms. The SMILES string of the molecule is c1ccc(-c2nc(-c3ccc(-n4c5ccccc5c5ccccc54)cc3)nc3oc4ccccc4c23)cc1.c1ccc(-c2nc(-c3cccc(-n4c5ccccc5c5ccccc54)c3)nc3oc4ccccc4c23)cc1.c1ccc(-n2c3ccccc3c3cc(-c4nc(-c5ccc(-n6c7ccccc7c7ccccc76)cc5)c5c(n4)oc4ccccc45)ccc32)cc1. The number of hydrogen-bond donors (Lipinski definition) is 0. The normalized spacial score (nSPS) is 11.8. The van der Waals surface area contributed by atoms with Gasteiger partial charge in [-0.15, -0.1) is 0 Å². The van der Waals surface area contributed by atoms with E-state index in [4.69, 9.17) is 43.2 Å². The highest BCUT2D eigenvalue weighted by Gasteiger charge is 2.25. The minimum atomic E-state index is 0.578. The lowest BCUT2D eigenvalue weighted by Crippen LogP contribution is -1.97. The lowest BCUT2D eigenvalue weighted by Gasteiger charge is -2.11. The van der Waals surface area contributed by atoms with Gasteiger partial charge in [-0.25, -0.2) is 15.0 Å². The molecule has 0 atom stereocenters. The molecule has 0 saturated heterocycles. The lowest BCUT2D eigenvalue weighted by molar-refractivity contribution is 0.653. The fourth-order valence-electron chi connectivity index (χ4n) is 19.0. The smallest absolute Gasteiger partial charge is 0.231 e. The maximum atomic E-state index is 6.42. The standard InChI is InChI=1S/C46H28N4O.2C34H21N3O/c1-2-12-31(13-3-1)49-40-20-10-6-16-35(40)37-28-30(24-27-41(37)49)45-47-44(43-36-17-7-11-21-42(36)51-46(43)48-45)29-22-25-32(26-23-29)50-38-18-8-4-14-33(38)34-15-5-9-19-39(34)50;1-2-11-22(12-3-1)32-31-27-17-6-9-20-30(27)38-34(31)36-33(35-32)23-13-10-14-24(21-23)37-28-18-7-4-15-25(28)26-16-5-8-19-29(26)37;1-2-10-22(11-3-1)32-31-27-14-6-9-17-30(27)38-34(31)36-33(35-32)23-18-20-24(21-19-23)37-28-15-7-4-12-25(28)26-13-5-8-16-29(26)37/h1-28H;2*1-21H. The number of hydrogen-bond acceptors (Lipinski definition) is 9. The van der Waals surface area contributed by atoms with Crippen molar-refractivity contribution in [1.29, 1.82) is 0 Å². The number of rotatable bonds is 10. The molecule has 13 nitrogen and oxygen atoms in total. The predicted octanol–water partition coefficient (Wildman–Crippen LogP) is 29.5. The Balaban J connectivity index is 0.000000105. The first-order valence-electron chi connectivity index (χ1n) is 42.5. The molecule has 13 heteroatoms. The summed E-state index contributed by atoms with van der Waals surface area (Å²) in [7, 11) is 0. The number of fused-ring (bicyclic) bond motifs is 21. The van der Waals surface area contributed by atoms with Crippen LogP contribution in [0.4, 0.5) is 0 Å². The van der Waals surface area contributed by atoms with Gasteiger partial charge in [-0.3, -0.25) is 0 Å². The van der Waals surface area contributed by atoms with E-state index in [0.717, 1.165) is 139 Å². The van der Waals surface area contributed by atoms with Crippen LogP contribution >= 0.6 is 0 Å². The molecule has 127 heavy (non-hydrogen) atoms. The Morgan fingerprint density at radius 3 is 0.772 bits per heavy atom. The molecule has 10 aromatic heterocycles. The van der Waals surface area contributed by atoms with E-state index < -0.39 is 0 Å². The summed E-state index contributed by atoms with van der Waals surface area (Å²) in [5.41, 5.74) is 26.4. The lowest BCUT2D eigenvalue weighted by atomic mass is 10.0. The molecule has 0 N–H and O–H groups in total. The van der Waals surface area contributed by atoms with E-state index in [2.05, 4.69) is 352 Å². The van der Waals surface area contributed by atoms with E-state index in [9.17, 15) is 0 Å². The van der Waals surface area contributed by atoms with E-state index in [0.29, 0.717) is 34.6 Å². The minimum Gasteiger partial charge on any atom is -0.438 e. The van der Waals surface area contributed by atoms with Crippen LogP contribution in [0.15, 0.2) is 438 Å². The Labute approximate surface area is 725 Å². The number of furan rings is 3. The molecule has 0 aliphatic rings. The minimum absolute atomic E-state index is 0.578. The van der Waals surface area contributed by atoms with Gasteiger partial charge in [0.25, 0.3) is 0 Å². The predicted molar refractivity (Wildman–Crippen MR) is 518 cm³/mol. The topological polar surface area (TPSA) is 136 Å². The van der Waals surface area contributed by atoms with Crippen molar-refractivity contribution in [1.82, 2.24) is 48.2 Å². The van der Waals surface area contributed by atoms with Gasteiger partial charge in [0.2, 0.25) is 17.1 Å². The second-order valence-electron chi connectivity index (χ2n) is 31.9. The van der Waals surface area contributed by atoms with Gasteiger partial charge >= 0.3 is 0 Å². The van der Waals surface area contributed by atoms with Gasteiger partial charge in [-0.2, -0.15) is 15.0 Å². The van der Waals surface area contributed by atoms with E-state index in [1.165, 1.54) is 70.8 Å². The molecular weight excluding hydrogens is 1560 g/mol. The molecule has 10 heterocycles. The van der Waals surface area contributed by atoms with E-state index in [1.807, 2.05) is 91.0 Å². The Bertz CT molecular complexity index is 8870. The van der Waals surface area contributed by atoms with Gasteiger partial charge in [-0.1, -0.05) is 285 Å². The first kappa shape index (κ1) is 72.4. The zero-order valence-electron chi connectivity index (χ0n) is 68.1. The quantitative estimate of drug-likeness (QED) is 0.131. The molecule has 27 aromatic rings. The molecule has 0 unspecified atom stereocenters. The summed E-state index contributed by atoms with van der Waals surface area (Å²) < 4.78 is 28.1. The Hall–Kier alpha value is -17.4. The largest absolute Gasteiger partial charge is 0.438 e. The molecule has 17 aromatic carbocycles. The third-order valence-corrected chi connectivity index (χ3v) is 24.6. The van der Waals surface area contributed by atoms with Crippen LogP contribution in [0.5, 0.6) is 0 Å². The maximum Gasteiger partial charge on any atom is 0.231 e. The van der Waals surface area contributed by atoms with Crippen LogP contribution in [0.2, 0.25) is 0 Å². The Morgan fingerprint density at radius 1 is 0.157 bits per heavy atom. The first-order chi connectivity index (χ1) is 63.0. The van der Waals surface area contributed by atoms with Crippen molar-refractivity contribution in [3.8, 4) is 90.7 Å². The van der Waals surface area contributed by atoms with Crippen LogP contribution in [0.25, 0.3) is 244 Å². The van der Waals surface area contributed by atoms with Crippen LogP contribution in [-0.2, 0) is 0 Å². The van der Waals surface area contributed by atoms with Crippen molar-refractivity contribution in [3.05, 3.63) is 425 Å². The highest BCUT2D eigenvalue weighted by molar-refractivity contribution is 6.17. The molecule has 0 amide bonds. The number of nitrogens with zero attached hydrogens (tertiary/aromatic N) is 10. The van der Waals surface area contributed by atoms with Gasteiger partial charge in [0.15, 0.2) is 17.5 Å². The van der Waals surface area contributed by atoms with Gasteiger partial charge in [0.05, 0.1) is 77.4 Å². The third-order valence-electron chi connectivity index (χ3n) is 24.6. The third kappa shape index (κ3) is 12.1. The van der Waals surface area contributed by atoms with Crippen LogP contribution in [0.1, 0.15) is 0 Å². The van der Waals surface area contributed by atoms with Crippen molar-refractivity contribution in [2.24, 2.45) is 0 Å². The molecule has 27 rings (SSSR count). The van der Waals surface area contributed by atoms with E-state index >= 15 is 0 Å². The summed E-state index contributed by atoms with van der Waals surface area (Å²) in [6, 6.07) is 147. The zero-order chi connectivity index (χ0) is 83.6. The molecule has 0 saturated carbocycles. The maximum absolute atomic E-state index is 6.42. The first-order valence-corrected chi connectivity index (χ1v) is 42.5. The molecule has 0 radical (unpaired) electrons. The van der Waals surface area contributed by atoms with Gasteiger partial charge in [0.1, 0.15) is 16.7 Å². The second kappa shape index (κ2) is 29.7. The summed E-state index contributed by atoms with van der Waals surface area (Å²) in [5.74, 6) is 1.91. The highest BCUT2D eigenvalue weighted by atomic mass is 16.3. The molecule has 0 aliphatic carbocycles. The molecule has 0 spiro atoms. The Kier molecular flexibility index (Phi) is 17.0. The van der Waals surface area contributed by atoms with Crippen molar-refractivity contribution in [2.45, 2.75) is 0 Å². The van der Waals surface area contributed by atoms with Gasteiger partial charge in [-0.05, 0) is 140 Å². The number of aromatic nitrogens is 10. The summed E-state index contributed by atoms with van der Waals surface area (Å²) in [4.78, 5) is 30.4. The summed E-state index contributed by atoms with van der Waals surface area (Å²) in [5, 5.41) is 15.6. The van der Waals surface area contributed by atoms with Gasteiger partial charge in [0, 0.05) is 115 Å². The average molecular weight is 1630 g/mol. The second-order valence-corrected chi connectivity index (χ2v) is 31.9. The van der Waals surface area contributed by atoms with Gasteiger partial charge < -0.3 is 31.5 Å². The van der Waals surface area contributed by atoms with Crippen LogP contribution in [0.3, 0.4) is 0 Å². The molecule has 594 valence electrons. The van der Waals surface area contributed by atoms with E-state index in [-0.39, 0.29) is 0 Å².